The zero-order valence-corrected chi connectivity index (χ0v) is 25.4. The lowest BCUT2D eigenvalue weighted by Gasteiger charge is -2.37. The molecular weight excluding hydrogens is 590 g/mol. The first-order chi connectivity index (χ1) is 20.4. The van der Waals surface area contributed by atoms with Crippen LogP contribution in [0.4, 0.5) is 15.8 Å². The van der Waals surface area contributed by atoms with Crippen LogP contribution < -0.4 is 15.0 Å². The molecule has 8 nitrogen and oxygen atoms in total. The van der Waals surface area contributed by atoms with Crippen molar-refractivity contribution in [1.29, 1.82) is 0 Å². The third-order valence-electron chi connectivity index (χ3n) is 7.51. The van der Waals surface area contributed by atoms with Gasteiger partial charge < -0.3 is 15.2 Å². The van der Waals surface area contributed by atoms with E-state index in [1.807, 2.05) is 30.7 Å². The third kappa shape index (κ3) is 5.50. The molecule has 0 saturated carbocycles. The van der Waals surface area contributed by atoms with Gasteiger partial charge in [0.05, 0.1) is 16.3 Å². The Kier molecular flexibility index (Phi) is 7.26. The maximum absolute atomic E-state index is 16.2. The number of anilines is 2. The van der Waals surface area contributed by atoms with E-state index >= 15 is 4.39 Å². The van der Waals surface area contributed by atoms with Gasteiger partial charge in [0.1, 0.15) is 41.3 Å². The molecule has 4 aromatic rings. The highest BCUT2D eigenvalue weighted by Crippen LogP contribution is 2.52. The van der Waals surface area contributed by atoms with Gasteiger partial charge in [-0.25, -0.2) is 17.8 Å². The highest BCUT2D eigenvalue weighted by Gasteiger charge is 2.48. The molecule has 0 spiro atoms. The number of hydrogen-bond donors (Lipinski definition) is 2. The van der Waals surface area contributed by atoms with Crippen molar-refractivity contribution in [2.45, 2.75) is 39.8 Å². The lowest BCUT2D eigenvalue weighted by molar-refractivity contribution is 0.0975. The molecule has 0 bridgehead atoms. The highest BCUT2D eigenvalue weighted by atomic mass is 32.2. The Morgan fingerprint density at radius 1 is 1.19 bits per heavy atom. The quantitative estimate of drug-likeness (QED) is 0.238. The van der Waals surface area contributed by atoms with E-state index in [2.05, 4.69) is 10.3 Å². The first kappa shape index (κ1) is 28.9. The normalized spacial score (nSPS) is 18.7. The van der Waals surface area contributed by atoms with Crippen molar-refractivity contribution in [3.8, 4) is 11.5 Å². The Morgan fingerprint density at radius 3 is 2.70 bits per heavy atom. The number of sulfone groups is 1. The third-order valence-corrected chi connectivity index (χ3v) is 10.5. The molecule has 6 rings (SSSR count). The molecule has 2 aromatic heterocycles. The number of aryl methyl sites for hydroxylation is 1. The van der Waals surface area contributed by atoms with E-state index < -0.39 is 33.0 Å². The molecule has 2 aromatic carbocycles. The minimum Gasteiger partial charge on any atom is -0.506 e. The molecule has 2 aliphatic heterocycles. The molecule has 0 unspecified atom stereocenters. The van der Waals surface area contributed by atoms with Crippen molar-refractivity contribution < 1.29 is 27.4 Å². The zero-order valence-electron chi connectivity index (χ0n) is 23.8. The van der Waals surface area contributed by atoms with Gasteiger partial charge in [0.15, 0.2) is 9.84 Å². The number of thiophene rings is 1. The monoisotopic (exact) mass is 619 g/mol. The second-order valence-electron chi connectivity index (χ2n) is 11.6. The number of ether oxygens (including phenoxy) is 1. The number of allylic oxidation sites excluding steroid dienone is 1. The number of nitrogens with zero attached hydrogens (tertiary/aromatic N) is 2. The summed E-state index contributed by atoms with van der Waals surface area (Å²) in [6, 6.07) is 14.3. The second-order valence-corrected chi connectivity index (χ2v) is 14.3. The van der Waals surface area contributed by atoms with Crippen LogP contribution in [0.15, 0.2) is 82.0 Å². The average molecular weight is 620 g/mol. The van der Waals surface area contributed by atoms with E-state index in [0.29, 0.717) is 17.8 Å². The molecule has 0 aliphatic carbocycles. The van der Waals surface area contributed by atoms with E-state index in [-0.39, 0.29) is 51.4 Å². The first-order valence-electron chi connectivity index (χ1n) is 13.7. The molecule has 1 atom stereocenters. The summed E-state index contributed by atoms with van der Waals surface area (Å²) in [6.45, 7) is 5.65. The number of benzene rings is 2. The maximum Gasteiger partial charge on any atom is 0.277 e. The molecule has 11 heteroatoms. The fourth-order valence-corrected chi connectivity index (χ4v) is 8.77. The predicted molar refractivity (Wildman–Crippen MR) is 165 cm³/mol. The average Bonchev–Trinajstić information content (AvgIpc) is 3.40. The fourth-order valence-electron chi connectivity index (χ4n) is 5.76. The van der Waals surface area contributed by atoms with Crippen molar-refractivity contribution in [3.05, 3.63) is 110 Å². The number of carbonyl (C=O) groups is 1. The van der Waals surface area contributed by atoms with Gasteiger partial charge in [0, 0.05) is 23.0 Å². The fraction of sp³-hybridized carbons (Fsp3) is 0.250. The molecule has 0 saturated heterocycles. The van der Waals surface area contributed by atoms with Crippen LogP contribution in [-0.2, 0) is 16.4 Å². The Morgan fingerprint density at radius 2 is 1.98 bits per heavy atom. The van der Waals surface area contributed by atoms with E-state index in [1.54, 1.807) is 37.3 Å². The smallest absolute Gasteiger partial charge is 0.277 e. The van der Waals surface area contributed by atoms with Crippen molar-refractivity contribution in [3.63, 3.8) is 0 Å². The number of phenolic OH excluding ortho intramolecular Hbond substituents is 1. The number of amides is 1. The standard InChI is InChI=1S/C32H30FN3O5S2/c1-19-6-4-7-24(34-19)31(38)36-26-8-5-9-27(37)28(26)35-25-15-32(2,3)18-43(39,40)30(25)29(36)22-11-10-21(14-23(22)33)41-16-20-12-13-42-17-20/h4-14,17,29,35,37H,15-16,18H2,1-3H3/t29-/m0/s1. The molecule has 4 heterocycles. The summed E-state index contributed by atoms with van der Waals surface area (Å²) < 4.78 is 50.3. The predicted octanol–water partition coefficient (Wildman–Crippen LogP) is 6.75. The van der Waals surface area contributed by atoms with Gasteiger partial charge in [0.2, 0.25) is 0 Å². The number of fused-ring (bicyclic) bond motifs is 1. The van der Waals surface area contributed by atoms with Crippen LogP contribution in [0, 0.1) is 18.2 Å². The maximum atomic E-state index is 16.2. The van der Waals surface area contributed by atoms with Crippen molar-refractivity contribution in [2.24, 2.45) is 5.41 Å². The molecule has 1 amide bonds. The zero-order chi connectivity index (χ0) is 30.5. The summed E-state index contributed by atoms with van der Waals surface area (Å²) in [5, 5.41) is 18.0. The number of pyridine rings is 1. The van der Waals surface area contributed by atoms with Crippen molar-refractivity contribution >= 4 is 38.5 Å². The van der Waals surface area contributed by atoms with Crippen molar-refractivity contribution in [2.75, 3.05) is 16.0 Å². The molecule has 2 N–H and O–H groups in total. The molecule has 2 aliphatic rings. The van der Waals surface area contributed by atoms with Gasteiger partial charge in [-0.2, -0.15) is 11.3 Å². The van der Waals surface area contributed by atoms with Crippen molar-refractivity contribution in [1.82, 2.24) is 4.98 Å². The molecule has 43 heavy (non-hydrogen) atoms. The summed E-state index contributed by atoms with van der Waals surface area (Å²) in [7, 11) is -4.04. The lowest BCUT2D eigenvalue weighted by Crippen LogP contribution is -2.41. The summed E-state index contributed by atoms with van der Waals surface area (Å²) in [4.78, 5) is 19.9. The Balaban J connectivity index is 1.58. The number of rotatable bonds is 5. The summed E-state index contributed by atoms with van der Waals surface area (Å²) >= 11 is 1.53. The molecule has 222 valence electrons. The van der Waals surface area contributed by atoms with Gasteiger partial charge >= 0.3 is 0 Å². The first-order valence-corrected chi connectivity index (χ1v) is 16.3. The van der Waals surface area contributed by atoms with Crippen LogP contribution in [0.25, 0.3) is 0 Å². The van der Waals surface area contributed by atoms with E-state index in [0.717, 1.165) is 5.56 Å². The van der Waals surface area contributed by atoms with Gasteiger partial charge in [-0.1, -0.05) is 26.0 Å². The van der Waals surface area contributed by atoms with E-state index in [9.17, 15) is 18.3 Å². The molecule has 0 fully saturated rings. The summed E-state index contributed by atoms with van der Waals surface area (Å²) in [5.41, 5.74) is 1.53. The van der Waals surface area contributed by atoms with Crippen LogP contribution in [0.2, 0.25) is 0 Å². The summed E-state index contributed by atoms with van der Waals surface area (Å²) in [5.74, 6) is -1.50. The topological polar surface area (TPSA) is 109 Å². The number of hydrogen-bond acceptors (Lipinski definition) is 8. The lowest BCUT2D eigenvalue weighted by atomic mass is 9.88. The van der Waals surface area contributed by atoms with Gasteiger partial charge in [-0.15, -0.1) is 0 Å². The van der Waals surface area contributed by atoms with Crippen LogP contribution in [0.1, 0.15) is 53.6 Å². The molecule has 0 radical (unpaired) electrons. The minimum atomic E-state index is -4.04. The number of aromatic nitrogens is 1. The second kappa shape index (κ2) is 10.8. The molecular formula is C32H30FN3O5S2. The minimum absolute atomic E-state index is 0.0299. The van der Waals surface area contributed by atoms with E-state index in [4.69, 9.17) is 4.74 Å². The number of halogens is 1. The Bertz CT molecular complexity index is 1870. The van der Waals surface area contributed by atoms with Gasteiger partial charge in [-0.3, -0.25) is 9.69 Å². The van der Waals surface area contributed by atoms with Crippen LogP contribution >= 0.6 is 11.3 Å². The number of phenols is 1. The highest BCUT2D eigenvalue weighted by molar-refractivity contribution is 7.95. The Hall–Kier alpha value is -4.22. The van der Waals surface area contributed by atoms with Gasteiger partial charge in [0.25, 0.3) is 5.91 Å². The largest absolute Gasteiger partial charge is 0.506 e. The van der Waals surface area contributed by atoms with Crippen LogP contribution in [0.5, 0.6) is 11.5 Å². The Labute approximate surface area is 253 Å². The number of para-hydroxylation sites is 1. The van der Waals surface area contributed by atoms with E-state index in [1.165, 1.54) is 40.5 Å². The van der Waals surface area contributed by atoms with Gasteiger partial charge in [-0.05, 0) is 77.5 Å². The van der Waals surface area contributed by atoms with Crippen LogP contribution in [0.3, 0.4) is 0 Å². The number of carbonyl (C=O) groups excluding carboxylic acids is 1. The summed E-state index contributed by atoms with van der Waals surface area (Å²) in [6.07, 6.45) is 0.292. The number of aromatic hydroxyl groups is 1. The SMILES string of the molecule is Cc1cccc(C(=O)N2c3cccc(O)c3NC3=C([C@@H]2c2ccc(OCc4ccsc4)cc2F)S(=O)(=O)CC(C)(C)C3)n1. The van der Waals surface area contributed by atoms with Crippen LogP contribution in [-0.4, -0.2) is 30.2 Å². The number of nitrogens with one attached hydrogen (secondary N) is 1.